The topological polar surface area (TPSA) is 74.7 Å². The maximum atomic E-state index is 13.8. The van der Waals surface area contributed by atoms with E-state index >= 15 is 0 Å². The van der Waals surface area contributed by atoms with Crippen LogP contribution in [0.25, 0.3) is 0 Å². The summed E-state index contributed by atoms with van der Waals surface area (Å²) in [5.41, 5.74) is -1.63. The molecular weight excluding hydrogens is 304 g/mol. The van der Waals surface area contributed by atoms with Gasteiger partial charge in [0.2, 0.25) is 10.0 Å². The second-order valence-corrected chi connectivity index (χ2v) is 7.02. The average molecular weight is 319 g/mol. The van der Waals surface area contributed by atoms with Crippen LogP contribution in [0.1, 0.15) is 26.2 Å². The number of sulfonamides is 1. The predicted molar refractivity (Wildman–Crippen MR) is 70.1 cm³/mol. The Morgan fingerprint density at radius 3 is 2.57 bits per heavy atom. The van der Waals surface area contributed by atoms with Crippen LogP contribution in [0.4, 0.5) is 8.78 Å². The zero-order valence-electron chi connectivity index (χ0n) is 11.3. The molecule has 1 aromatic carbocycles. The van der Waals surface area contributed by atoms with Crippen LogP contribution in [-0.4, -0.2) is 35.9 Å². The fourth-order valence-corrected chi connectivity index (χ4v) is 4.35. The Labute approximate surface area is 121 Å². The van der Waals surface area contributed by atoms with Crippen LogP contribution in [0, 0.1) is 11.6 Å². The van der Waals surface area contributed by atoms with Crippen molar-refractivity contribution in [1.29, 1.82) is 0 Å². The van der Waals surface area contributed by atoms with Crippen molar-refractivity contribution in [2.24, 2.45) is 0 Å². The Bertz CT molecular complexity index is 677. The number of aliphatic carboxylic acids is 1. The van der Waals surface area contributed by atoms with Gasteiger partial charge in [0.25, 0.3) is 0 Å². The number of benzene rings is 1. The Morgan fingerprint density at radius 1 is 1.33 bits per heavy atom. The van der Waals surface area contributed by atoms with Gasteiger partial charge in [-0.3, -0.25) is 4.79 Å². The molecule has 21 heavy (non-hydrogen) atoms. The van der Waals surface area contributed by atoms with Gasteiger partial charge in [0.1, 0.15) is 22.1 Å². The number of carboxylic acid groups (broad SMARTS) is 1. The highest BCUT2D eigenvalue weighted by Gasteiger charge is 2.48. The van der Waals surface area contributed by atoms with Gasteiger partial charge < -0.3 is 5.11 Å². The number of carboxylic acids is 1. The molecule has 1 atom stereocenters. The normalized spacial score (nSPS) is 24.0. The maximum absolute atomic E-state index is 13.8. The molecule has 0 aliphatic carbocycles. The molecule has 116 valence electrons. The lowest BCUT2D eigenvalue weighted by atomic mass is 9.91. The van der Waals surface area contributed by atoms with Crippen LogP contribution in [0.5, 0.6) is 0 Å². The molecule has 0 bridgehead atoms. The average Bonchev–Trinajstić information content (AvgIpc) is 2.38. The van der Waals surface area contributed by atoms with Crippen molar-refractivity contribution in [2.75, 3.05) is 6.54 Å². The maximum Gasteiger partial charge on any atom is 0.324 e. The van der Waals surface area contributed by atoms with Gasteiger partial charge in [0, 0.05) is 12.6 Å². The fraction of sp³-hybridized carbons (Fsp3) is 0.462. The van der Waals surface area contributed by atoms with Crippen LogP contribution in [-0.2, 0) is 14.8 Å². The molecule has 1 N–H and O–H groups in total. The van der Waals surface area contributed by atoms with E-state index in [1.807, 2.05) is 0 Å². The van der Waals surface area contributed by atoms with Gasteiger partial charge >= 0.3 is 5.97 Å². The number of rotatable bonds is 3. The van der Waals surface area contributed by atoms with Crippen molar-refractivity contribution in [2.45, 2.75) is 36.6 Å². The van der Waals surface area contributed by atoms with Gasteiger partial charge in [0.05, 0.1) is 0 Å². The summed E-state index contributed by atoms with van der Waals surface area (Å²) in [5, 5.41) is 9.33. The molecule has 1 saturated heterocycles. The first-order valence-corrected chi connectivity index (χ1v) is 7.85. The summed E-state index contributed by atoms with van der Waals surface area (Å²) < 4.78 is 52.5. The van der Waals surface area contributed by atoms with Crippen LogP contribution >= 0.6 is 0 Å². The molecule has 0 aromatic heterocycles. The smallest absolute Gasteiger partial charge is 0.324 e. The first kappa shape index (κ1) is 15.8. The molecule has 1 heterocycles. The van der Waals surface area contributed by atoms with E-state index in [2.05, 4.69) is 0 Å². The third-order valence-electron chi connectivity index (χ3n) is 3.75. The molecule has 1 fully saturated rings. The Morgan fingerprint density at radius 2 is 2.00 bits per heavy atom. The van der Waals surface area contributed by atoms with Crippen LogP contribution in [0.3, 0.4) is 0 Å². The van der Waals surface area contributed by atoms with Crippen molar-refractivity contribution in [3.05, 3.63) is 29.8 Å². The van der Waals surface area contributed by atoms with E-state index in [-0.39, 0.29) is 13.0 Å². The lowest BCUT2D eigenvalue weighted by molar-refractivity contribution is -0.149. The highest BCUT2D eigenvalue weighted by atomic mass is 32.2. The Hall–Kier alpha value is -1.54. The number of nitrogens with zero attached hydrogens (tertiary/aromatic N) is 1. The SMILES string of the molecule is CC1(C(=O)O)CCCCN1S(=O)(=O)c1ccc(F)cc1F. The molecule has 1 aliphatic rings. The third-order valence-corrected chi connectivity index (χ3v) is 5.80. The highest BCUT2D eigenvalue weighted by Crippen LogP contribution is 2.34. The van der Waals surface area contributed by atoms with E-state index in [4.69, 9.17) is 0 Å². The summed E-state index contributed by atoms with van der Waals surface area (Å²) in [6.07, 6.45) is 1.20. The molecule has 1 unspecified atom stereocenters. The largest absolute Gasteiger partial charge is 0.480 e. The summed E-state index contributed by atoms with van der Waals surface area (Å²) in [5.74, 6) is -3.41. The van der Waals surface area contributed by atoms with Gasteiger partial charge in [0.15, 0.2) is 0 Å². The summed E-state index contributed by atoms with van der Waals surface area (Å²) in [6, 6.07) is 2.11. The van der Waals surface area contributed by atoms with Crippen LogP contribution < -0.4 is 0 Å². The summed E-state index contributed by atoms with van der Waals surface area (Å²) >= 11 is 0. The second kappa shape index (κ2) is 5.34. The first-order chi connectivity index (χ1) is 9.69. The van der Waals surface area contributed by atoms with Gasteiger partial charge in [-0.2, -0.15) is 4.31 Å². The zero-order valence-corrected chi connectivity index (χ0v) is 12.2. The van der Waals surface area contributed by atoms with Crippen molar-refractivity contribution >= 4 is 16.0 Å². The second-order valence-electron chi connectivity index (χ2n) is 5.19. The van der Waals surface area contributed by atoms with Crippen molar-refractivity contribution in [3.8, 4) is 0 Å². The van der Waals surface area contributed by atoms with Crippen molar-refractivity contribution in [1.82, 2.24) is 4.31 Å². The Kier molecular flexibility index (Phi) is 4.03. The van der Waals surface area contributed by atoms with Crippen LogP contribution in [0.15, 0.2) is 23.1 Å². The zero-order chi connectivity index (χ0) is 15.8. The summed E-state index contributed by atoms with van der Waals surface area (Å²) in [7, 11) is -4.35. The van der Waals surface area contributed by atoms with Gasteiger partial charge in [-0.25, -0.2) is 17.2 Å². The van der Waals surface area contributed by atoms with Gasteiger partial charge in [-0.1, -0.05) is 0 Å². The third kappa shape index (κ3) is 2.65. The standard InChI is InChI=1S/C13H15F2NO4S/c1-13(12(17)18)6-2-3-7-16(13)21(19,20)11-5-4-9(14)8-10(11)15/h4-5,8H,2-3,6-7H2,1H3,(H,17,18). The summed E-state index contributed by atoms with van der Waals surface area (Å²) in [4.78, 5) is 10.7. The van der Waals surface area contributed by atoms with E-state index < -0.39 is 38.1 Å². The van der Waals surface area contributed by atoms with Gasteiger partial charge in [-0.15, -0.1) is 0 Å². The fourth-order valence-electron chi connectivity index (χ4n) is 2.50. The quantitative estimate of drug-likeness (QED) is 0.924. The molecule has 1 aliphatic heterocycles. The molecular formula is C13H15F2NO4S. The number of hydrogen-bond acceptors (Lipinski definition) is 3. The highest BCUT2D eigenvalue weighted by molar-refractivity contribution is 7.89. The molecule has 5 nitrogen and oxygen atoms in total. The van der Waals surface area contributed by atoms with Crippen LogP contribution in [0.2, 0.25) is 0 Å². The minimum Gasteiger partial charge on any atom is -0.480 e. The van der Waals surface area contributed by atoms with E-state index in [9.17, 15) is 27.1 Å². The monoisotopic (exact) mass is 319 g/mol. The molecule has 0 spiro atoms. The van der Waals surface area contributed by atoms with Crippen molar-refractivity contribution < 1.29 is 27.1 Å². The first-order valence-electron chi connectivity index (χ1n) is 6.41. The number of halogens is 2. The molecule has 0 radical (unpaired) electrons. The minimum absolute atomic E-state index is 0.0120. The number of piperidine rings is 1. The van der Waals surface area contributed by atoms with E-state index in [1.165, 1.54) is 6.92 Å². The number of hydrogen-bond donors (Lipinski definition) is 1. The molecule has 2 rings (SSSR count). The predicted octanol–water partition coefficient (Wildman–Crippen LogP) is 1.98. The summed E-state index contributed by atoms with van der Waals surface area (Å²) in [6.45, 7) is 1.29. The molecule has 0 amide bonds. The lowest BCUT2D eigenvalue weighted by Gasteiger charge is -2.40. The lowest BCUT2D eigenvalue weighted by Crippen LogP contribution is -2.57. The van der Waals surface area contributed by atoms with E-state index in [0.717, 1.165) is 16.4 Å². The Balaban J connectivity index is 2.53. The molecule has 1 aromatic rings. The van der Waals surface area contributed by atoms with Crippen molar-refractivity contribution in [3.63, 3.8) is 0 Å². The van der Waals surface area contributed by atoms with Gasteiger partial charge in [-0.05, 0) is 38.3 Å². The van der Waals surface area contributed by atoms with E-state index in [1.54, 1.807) is 0 Å². The number of carbonyl (C=O) groups is 1. The minimum atomic E-state index is -4.35. The molecule has 8 heteroatoms. The molecule has 0 saturated carbocycles. The van der Waals surface area contributed by atoms with E-state index in [0.29, 0.717) is 18.9 Å².